The first kappa shape index (κ1) is 8.59. The molecule has 0 saturated heterocycles. The lowest BCUT2D eigenvalue weighted by Crippen LogP contribution is -1.86. The molecule has 1 aromatic carbocycles. The molecule has 0 radical (unpaired) electrons. The Bertz CT molecular complexity index is 305. The summed E-state index contributed by atoms with van der Waals surface area (Å²) in [5.41, 5.74) is 9.76. The van der Waals surface area contributed by atoms with Crippen LogP contribution < -0.4 is 0 Å². The van der Waals surface area contributed by atoms with Crippen LogP contribution in [-0.4, -0.2) is 7.11 Å². The second-order valence-electron chi connectivity index (χ2n) is 2.25. The summed E-state index contributed by atoms with van der Waals surface area (Å²) in [5.74, 6) is 0. The highest BCUT2D eigenvalue weighted by molar-refractivity contribution is 5.45. The molecule has 0 saturated carbocycles. The molecule has 0 heterocycles. The molecular weight excluding hydrogens is 154 g/mol. The van der Waals surface area contributed by atoms with Crippen LogP contribution in [0.4, 0.5) is 5.69 Å². The smallest absolute Gasteiger partial charge is 0.0717 e. The van der Waals surface area contributed by atoms with E-state index < -0.39 is 0 Å². The van der Waals surface area contributed by atoms with Crippen molar-refractivity contribution in [3.63, 3.8) is 0 Å². The van der Waals surface area contributed by atoms with Gasteiger partial charge in [0.15, 0.2) is 0 Å². The van der Waals surface area contributed by atoms with E-state index in [0.717, 1.165) is 5.56 Å². The Kier molecular flexibility index (Phi) is 3.14. The molecule has 0 spiro atoms. The van der Waals surface area contributed by atoms with Gasteiger partial charge in [-0.1, -0.05) is 29.4 Å². The largest absolute Gasteiger partial charge is 0.380 e. The average molecular weight is 163 g/mol. The van der Waals surface area contributed by atoms with Crippen molar-refractivity contribution < 1.29 is 4.74 Å². The molecule has 0 aromatic heterocycles. The topological polar surface area (TPSA) is 58.0 Å². The third-order valence-electron chi connectivity index (χ3n) is 1.44. The summed E-state index contributed by atoms with van der Waals surface area (Å²) in [6.07, 6.45) is 0. The molecular formula is C8H9N3O. The van der Waals surface area contributed by atoms with Crippen LogP contribution in [0, 0.1) is 0 Å². The lowest BCUT2D eigenvalue weighted by molar-refractivity contribution is 0.185. The van der Waals surface area contributed by atoms with Crippen LogP contribution in [-0.2, 0) is 11.3 Å². The summed E-state index contributed by atoms with van der Waals surface area (Å²) in [5, 5.41) is 3.53. The zero-order valence-corrected chi connectivity index (χ0v) is 6.77. The predicted octanol–water partition coefficient (Wildman–Crippen LogP) is 2.77. The van der Waals surface area contributed by atoms with Crippen molar-refractivity contribution in [2.75, 3.05) is 7.11 Å². The Hall–Kier alpha value is -1.51. The van der Waals surface area contributed by atoms with Crippen LogP contribution >= 0.6 is 0 Å². The molecule has 12 heavy (non-hydrogen) atoms. The van der Waals surface area contributed by atoms with Gasteiger partial charge in [0.1, 0.15) is 0 Å². The van der Waals surface area contributed by atoms with Gasteiger partial charge >= 0.3 is 0 Å². The molecule has 0 unspecified atom stereocenters. The normalized spacial score (nSPS) is 9.08. The maximum Gasteiger partial charge on any atom is 0.0717 e. The first-order valence-corrected chi connectivity index (χ1v) is 3.50. The lowest BCUT2D eigenvalue weighted by Gasteiger charge is -2.01. The molecule has 0 aliphatic heterocycles. The number of hydrogen-bond donors (Lipinski definition) is 0. The van der Waals surface area contributed by atoms with Crippen LogP contribution in [0.3, 0.4) is 0 Å². The first-order chi connectivity index (χ1) is 5.88. The highest BCUT2D eigenvalue weighted by Gasteiger charge is 1.96. The fraction of sp³-hybridized carbons (Fsp3) is 0.250. The van der Waals surface area contributed by atoms with Crippen LogP contribution in [0.25, 0.3) is 10.4 Å². The zero-order chi connectivity index (χ0) is 8.81. The fourth-order valence-corrected chi connectivity index (χ4v) is 0.934. The van der Waals surface area contributed by atoms with Gasteiger partial charge in [-0.05, 0) is 11.1 Å². The van der Waals surface area contributed by atoms with E-state index in [4.69, 9.17) is 10.3 Å². The zero-order valence-electron chi connectivity index (χ0n) is 6.77. The Morgan fingerprint density at radius 3 is 2.92 bits per heavy atom. The maximum atomic E-state index is 8.23. The Balaban J connectivity index is 2.99. The van der Waals surface area contributed by atoms with E-state index in [9.17, 15) is 0 Å². The number of azide groups is 1. The van der Waals surface area contributed by atoms with Gasteiger partial charge in [0.2, 0.25) is 0 Å². The van der Waals surface area contributed by atoms with Crippen LogP contribution in [0.1, 0.15) is 5.56 Å². The Labute approximate surface area is 70.4 Å². The third kappa shape index (κ3) is 1.99. The molecule has 0 amide bonds. The molecule has 4 heteroatoms. The third-order valence-corrected chi connectivity index (χ3v) is 1.44. The van der Waals surface area contributed by atoms with Crippen molar-refractivity contribution in [2.24, 2.45) is 5.11 Å². The summed E-state index contributed by atoms with van der Waals surface area (Å²) < 4.78 is 4.93. The molecule has 1 rings (SSSR count). The minimum Gasteiger partial charge on any atom is -0.380 e. The van der Waals surface area contributed by atoms with Crippen molar-refractivity contribution in [3.8, 4) is 0 Å². The summed E-state index contributed by atoms with van der Waals surface area (Å²) in [4.78, 5) is 2.72. The van der Waals surface area contributed by atoms with Crippen molar-refractivity contribution in [1.29, 1.82) is 0 Å². The molecule has 0 aliphatic rings. The van der Waals surface area contributed by atoms with Gasteiger partial charge in [-0.3, -0.25) is 0 Å². The van der Waals surface area contributed by atoms with Gasteiger partial charge in [0.25, 0.3) is 0 Å². The second kappa shape index (κ2) is 4.38. The SMILES string of the molecule is COCc1ccccc1N=[N+]=[N-]. The number of hydrogen-bond acceptors (Lipinski definition) is 2. The molecule has 0 bridgehead atoms. The van der Waals surface area contributed by atoms with E-state index in [1.807, 2.05) is 18.2 Å². The maximum absolute atomic E-state index is 8.23. The van der Waals surface area contributed by atoms with Crippen LogP contribution in [0.5, 0.6) is 0 Å². The van der Waals surface area contributed by atoms with Crippen LogP contribution in [0.2, 0.25) is 0 Å². The minimum absolute atomic E-state index is 0.467. The van der Waals surface area contributed by atoms with E-state index in [1.54, 1.807) is 13.2 Å². The van der Waals surface area contributed by atoms with E-state index in [2.05, 4.69) is 10.0 Å². The van der Waals surface area contributed by atoms with Crippen molar-refractivity contribution in [2.45, 2.75) is 6.61 Å². The monoisotopic (exact) mass is 163 g/mol. The Morgan fingerprint density at radius 1 is 1.50 bits per heavy atom. The van der Waals surface area contributed by atoms with Gasteiger partial charge < -0.3 is 4.74 Å². The number of ether oxygens (including phenoxy) is 1. The summed E-state index contributed by atoms with van der Waals surface area (Å²) in [6, 6.07) is 7.33. The first-order valence-electron chi connectivity index (χ1n) is 3.50. The highest BCUT2D eigenvalue weighted by Crippen LogP contribution is 2.18. The van der Waals surface area contributed by atoms with Gasteiger partial charge in [-0.15, -0.1) is 0 Å². The minimum atomic E-state index is 0.467. The van der Waals surface area contributed by atoms with Gasteiger partial charge in [-0.25, -0.2) is 0 Å². The standard InChI is InChI=1S/C8H9N3O/c1-12-6-7-4-2-3-5-8(7)10-11-9/h2-5H,6H2,1H3. The average Bonchev–Trinajstić information content (AvgIpc) is 2.09. The van der Waals surface area contributed by atoms with Crippen molar-refractivity contribution in [1.82, 2.24) is 0 Å². The number of nitrogens with zero attached hydrogens (tertiary/aromatic N) is 3. The summed E-state index contributed by atoms with van der Waals surface area (Å²) >= 11 is 0. The second-order valence-corrected chi connectivity index (χ2v) is 2.25. The lowest BCUT2D eigenvalue weighted by atomic mass is 10.2. The van der Waals surface area contributed by atoms with E-state index in [-0.39, 0.29) is 0 Å². The van der Waals surface area contributed by atoms with Crippen LogP contribution in [0.15, 0.2) is 29.4 Å². The fourth-order valence-electron chi connectivity index (χ4n) is 0.934. The predicted molar refractivity (Wildman–Crippen MR) is 46.0 cm³/mol. The summed E-state index contributed by atoms with van der Waals surface area (Å²) in [6.45, 7) is 0.467. The number of methoxy groups -OCH3 is 1. The quantitative estimate of drug-likeness (QED) is 0.384. The molecule has 1 aromatic rings. The molecule has 0 fully saturated rings. The van der Waals surface area contributed by atoms with Gasteiger partial charge in [0.05, 0.1) is 6.61 Å². The van der Waals surface area contributed by atoms with E-state index >= 15 is 0 Å². The number of benzene rings is 1. The molecule has 0 N–H and O–H groups in total. The molecule has 62 valence electrons. The van der Waals surface area contributed by atoms with Gasteiger partial charge in [-0.2, -0.15) is 0 Å². The number of rotatable bonds is 3. The van der Waals surface area contributed by atoms with Gasteiger partial charge in [0, 0.05) is 17.7 Å². The summed E-state index contributed by atoms with van der Waals surface area (Å²) in [7, 11) is 1.60. The highest BCUT2D eigenvalue weighted by atomic mass is 16.5. The van der Waals surface area contributed by atoms with E-state index in [0.29, 0.717) is 12.3 Å². The Morgan fingerprint density at radius 2 is 2.25 bits per heavy atom. The van der Waals surface area contributed by atoms with Crippen molar-refractivity contribution in [3.05, 3.63) is 40.3 Å². The van der Waals surface area contributed by atoms with Crippen molar-refractivity contribution >= 4 is 5.69 Å². The molecule has 0 aliphatic carbocycles. The molecule has 0 atom stereocenters. The molecule has 4 nitrogen and oxygen atoms in total. The van der Waals surface area contributed by atoms with E-state index in [1.165, 1.54) is 0 Å².